The summed E-state index contributed by atoms with van der Waals surface area (Å²) < 4.78 is 5.69. The largest absolute Gasteiger partial charge is 0.480 e. The van der Waals surface area contributed by atoms with Gasteiger partial charge in [0.1, 0.15) is 6.04 Å². The summed E-state index contributed by atoms with van der Waals surface area (Å²) in [6, 6.07) is -0.600. The average molecular weight is 268 g/mol. The van der Waals surface area contributed by atoms with Gasteiger partial charge in [0, 0.05) is 13.1 Å². The van der Waals surface area contributed by atoms with Gasteiger partial charge in [-0.15, -0.1) is 0 Å². The van der Waals surface area contributed by atoms with Gasteiger partial charge in [0.15, 0.2) is 0 Å². The fourth-order valence-corrected chi connectivity index (χ4v) is 3.58. The number of urea groups is 1. The summed E-state index contributed by atoms with van der Waals surface area (Å²) in [6.45, 7) is 1.71. The molecule has 0 aromatic carbocycles. The Morgan fingerprint density at radius 1 is 1.05 bits per heavy atom. The van der Waals surface area contributed by atoms with Crippen molar-refractivity contribution in [1.29, 1.82) is 0 Å². The molecule has 1 N–H and O–H groups in total. The van der Waals surface area contributed by atoms with Crippen LogP contribution in [0, 0.1) is 0 Å². The van der Waals surface area contributed by atoms with Crippen LogP contribution in [0.1, 0.15) is 32.1 Å². The van der Waals surface area contributed by atoms with E-state index in [0.717, 1.165) is 25.7 Å². The number of carbonyl (C=O) groups is 2. The lowest BCUT2D eigenvalue weighted by Crippen LogP contribution is -2.57. The zero-order valence-corrected chi connectivity index (χ0v) is 11.0. The van der Waals surface area contributed by atoms with Crippen LogP contribution in [0.4, 0.5) is 4.79 Å². The van der Waals surface area contributed by atoms with Crippen molar-refractivity contribution in [3.05, 3.63) is 0 Å². The van der Waals surface area contributed by atoms with E-state index in [1.165, 1.54) is 4.90 Å². The first kappa shape index (κ1) is 12.7. The number of morpholine rings is 1. The van der Waals surface area contributed by atoms with Gasteiger partial charge in [0.05, 0.1) is 18.8 Å². The second-order valence-electron chi connectivity index (χ2n) is 5.57. The third kappa shape index (κ3) is 2.18. The van der Waals surface area contributed by atoms with Crippen molar-refractivity contribution in [1.82, 2.24) is 9.80 Å². The van der Waals surface area contributed by atoms with Gasteiger partial charge in [-0.25, -0.2) is 9.59 Å². The number of carboxylic acid groups (broad SMARTS) is 1. The Kier molecular flexibility index (Phi) is 3.35. The molecule has 3 fully saturated rings. The van der Waals surface area contributed by atoms with E-state index < -0.39 is 12.0 Å². The minimum absolute atomic E-state index is 0.106. The first-order valence-corrected chi connectivity index (χ1v) is 7.10. The average Bonchev–Trinajstić information content (AvgIpc) is 3.05. The van der Waals surface area contributed by atoms with Crippen LogP contribution in [0.25, 0.3) is 0 Å². The van der Waals surface area contributed by atoms with Crippen LogP contribution in [-0.2, 0) is 9.53 Å². The van der Waals surface area contributed by atoms with Gasteiger partial charge in [0.25, 0.3) is 0 Å². The minimum atomic E-state index is -0.887. The second-order valence-corrected chi connectivity index (χ2v) is 5.57. The van der Waals surface area contributed by atoms with E-state index in [2.05, 4.69) is 0 Å². The van der Waals surface area contributed by atoms with Crippen LogP contribution in [0.2, 0.25) is 0 Å². The number of aliphatic carboxylic acids is 1. The topological polar surface area (TPSA) is 70.1 Å². The zero-order valence-electron chi connectivity index (χ0n) is 11.0. The number of hydrogen-bond donors (Lipinski definition) is 1. The van der Waals surface area contributed by atoms with E-state index in [0.29, 0.717) is 26.1 Å². The summed E-state index contributed by atoms with van der Waals surface area (Å²) in [4.78, 5) is 27.2. The van der Waals surface area contributed by atoms with Crippen molar-refractivity contribution in [2.75, 3.05) is 19.7 Å². The number of ether oxygens (including phenoxy) is 1. The monoisotopic (exact) mass is 268 g/mol. The molecule has 3 rings (SSSR count). The molecular weight excluding hydrogens is 248 g/mol. The molecule has 0 spiro atoms. The van der Waals surface area contributed by atoms with E-state index in [1.54, 1.807) is 0 Å². The van der Waals surface area contributed by atoms with Gasteiger partial charge >= 0.3 is 12.0 Å². The molecule has 3 aliphatic rings. The highest BCUT2D eigenvalue weighted by molar-refractivity contribution is 5.83. The quantitative estimate of drug-likeness (QED) is 0.767. The zero-order chi connectivity index (χ0) is 13.4. The highest BCUT2D eigenvalue weighted by Gasteiger charge is 2.43. The summed E-state index contributed by atoms with van der Waals surface area (Å²) >= 11 is 0. The number of amides is 2. The Hall–Kier alpha value is -1.30. The molecule has 1 aliphatic carbocycles. The molecule has 19 heavy (non-hydrogen) atoms. The lowest BCUT2D eigenvalue weighted by Gasteiger charge is -2.40. The molecule has 2 saturated heterocycles. The Morgan fingerprint density at radius 2 is 1.89 bits per heavy atom. The lowest BCUT2D eigenvalue weighted by molar-refractivity contribution is -0.141. The first-order chi connectivity index (χ1) is 9.18. The first-order valence-electron chi connectivity index (χ1n) is 7.10. The summed E-state index contributed by atoms with van der Waals surface area (Å²) in [5, 5.41) is 9.18. The third-order valence-corrected chi connectivity index (χ3v) is 4.51. The highest BCUT2D eigenvalue weighted by atomic mass is 16.5. The van der Waals surface area contributed by atoms with E-state index in [-0.39, 0.29) is 18.2 Å². The molecule has 106 valence electrons. The summed E-state index contributed by atoms with van der Waals surface area (Å²) in [7, 11) is 0. The maximum Gasteiger partial charge on any atom is 0.326 e. The molecule has 2 unspecified atom stereocenters. The van der Waals surface area contributed by atoms with Crippen molar-refractivity contribution in [2.24, 2.45) is 0 Å². The molecule has 2 amide bonds. The number of likely N-dealkylation sites (tertiary alicyclic amines) is 1. The Labute approximate surface area is 112 Å². The highest BCUT2D eigenvalue weighted by Crippen LogP contribution is 2.31. The van der Waals surface area contributed by atoms with Crippen molar-refractivity contribution in [3.8, 4) is 0 Å². The van der Waals surface area contributed by atoms with Crippen molar-refractivity contribution in [3.63, 3.8) is 0 Å². The maximum absolute atomic E-state index is 12.6. The van der Waals surface area contributed by atoms with E-state index in [9.17, 15) is 14.7 Å². The smallest absolute Gasteiger partial charge is 0.326 e. The predicted octanol–water partition coefficient (Wildman–Crippen LogP) is 0.909. The number of rotatable bonds is 1. The van der Waals surface area contributed by atoms with Crippen LogP contribution >= 0.6 is 0 Å². The molecule has 3 atom stereocenters. The van der Waals surface area contributed by atoms with E-state index in [4.69, 9.17) is 4.74 Å². The predicted molar refractivity (Wildman–Crippen MR) is 66.8 cm³/mol. The number of fused-ring (bicyclic) bond motifs is 1. The lowest BCUT2D eigenvalue weighted by atomic mass is 10.1. The van der Waals surface area contributed by atoms with Gasteiger partial charge in [0.2, 0.25) is 0 Å². The van der Waals surface area contributed by atoms with Crippen LogP contribution in [0.5, 0.6) is 0 Å². The van der Waals surface area contributed by atoms with Crippen LogP contribution in [-0.4, -0.2) is 64.8 Å². The standard InChI is InChI=1S/C13H20N2O4/c16-12(17)10-4-2-6-14(10)13(18)15-7-8-19-11-5-1-3-9(11)15/h9-11H,1-8H2,(H,16,17)/t9?,10-,11?/m0/s1. The number of carbonyl (C=O) groups excluding carboxylic acids is 1. The van der Waals surface area contributed by atoms with Crippen molar-refractivity contribution < 1.29 is 19.4 Å². The van der Waals surface area contributed by atoms with Crippen LogP contribution in [0.3, 0.4) is 0 Å². The summed E-state index contributed by atoms with van der Waals surface area (Å²) in [6.07, 6.45) is 4.57. The van der Waals surface area contributed by atoms with Gasteiger partial charge in [-0.1, -0.05) is 0 Å². The molecule has 0 bridgehead atoms. The Morgan fingerprint density at radius 3 is 2.68 bits per heavy atom. The second kappa shape index (κ2) is 5.00. The fraction of sp³-hybridized carbons (Fsp3) is 0.846. The molecule has 1 saturated carbocycles. The maximum atomic E-state index is 12.6. The van der Waals surface area contributed by atoms with Gasteiger partial charge in [-0.3, -0.25) is 0 Å². The van der Waals surface area contributed by atoms with Crippen molar-refractivity contribution in [2.45, 2.75) is 50.3 Å². The van der Waals surface area contributed by atoms with Crippen molar-refractivity contribution >= 4 is 12.0 Å². The van der Waals surface area contributed by atoms with Gasteiger partial charge in [-0.05, 0) is 32.1 Å². The third-order valence-electron chi connectivity index (χ3n) is 4.51. The molecule has 0 aromatic rings. The molecule has 2 aliphatic heterocycles. The normalized spacial score (nSPS) is 34.4. The Bertz CT molecular complexity index is 387. The molecule has 0 aromatic heterocycles. The van der Waals surface area contributed by atoms with Gasteiger partial charge < -0.3 is 19.6 Å². The number of hydrogen-bond acceptors (Lipinski definition) is 3. The van der Waals surface area contributed by atoms with E-state index in [1.807, 2.05) is 4.90 Å². The number of nitrogens with zero attached hydrogens (tertiary/aromatic N) is 2. The molecule has 2 heterocycles. The minimum Gasteiger partial charge on any atom is -0.480 e. The summed E-state index contributed by atoms with van der Waals surface area (Å²) in [5.41, 5.74) is 0. The van der Waals surface area contributed by atoms with Crippen LogP contribution < -0.4 is 0 Å². The molecule has 6 nitrogen and oxygen atoms in total. The van der Waals surface area contributed by atoms with E-state index >= 15 is 0 Å². The fourth-order valence-electron chi connectivity index (χ4n) is 3.58. The Balaban J connectivity index is 1.74. The molecule has 6 heteroatoms. The van der Waals surface area contributed by atoms with Gasteiger partial charge in [-0.2, -0.15) is 0 Å². The van der Waals surface area contributed by atoms with Crippen LogP contribution in [0.15, 0.2) is 0 Å². The molecule has 0 radical (unpaired) electrons. The molecular formula is C13H20N2O4. The summed E-state index contributed by atoms with van der Waals surface area (Å²) in [5.74, 6) is -0.887. The number of carboxylic acids is 1. The SMILES string of the molecule is O=C(O)[C@@H]1CCCN1C(=O)N1CCOC2CCCC21.